The lowest BCUT2D eigenvalue weighted by atomic mass is 10.2. The van der Waals surface area contributed by atoms with Crippen molar-refractivity contribution in [3.8, 4) is 6.07 Å². The first-order valence-electron chi connectivity index (χ1n) is 5.09. The maximum atomic E-state index is 8.79. The van der Waals surface area contributed by atoms with Gasteiger partial charge in [0.05, 0.1) is 0 Å². The van der Waals surface area contributed by atoms with Crippen molar-refractivity contribution in [1.29, 1.82) is 5.26 Å². The molecule has 3 nitrogen and oxygen atoms in total. The second-order valence-electron chi connectivity index (χ2n) is 3.60. The number of aromatic nitrogens is 1. The predicted octanol–water partition coefficient (Wildman–Crippen LogP) is 3.61. The third-order valence-electron chi connectivity index (χ3n) is 2.33. The Balaban J connectivity index is 2.31. The molecule has 0 radical (unpaired) electrons. The molecule has 17 heavy (non-hydrogen) atoms. The number of rotatable bonds is 2. The standard InChI is InChI=1S/C13H10IN3/c1-9-5-6-10(14)7-12(9)17-13-4-2-3-11(8-15)16-13/h2-7H,1H3,(H,16,17). The number of pyridine rings is 1. The van der Waals surface area contributed by atoms with E-state index in [0.717, 1.165) is 14.8 Å². The Bertz CT molecular complexity index is 587. The topological polar surface area (TPSA) is 48.7 Å². The lowest BCUT2D eigenvalue weighted by Crippen LogP contribution is -1.97. The zero-order valence-electron chi connectivity index (χ0n) is 9.24. The van der Waals surface area contributed by atoms with Gasteiger partial charge in [0.2, 0.25) is 0 Å². The van der Waals surface area contributed by atoms with Gasteiger partial charge in [0.1, 0.15) is 17.6 Å². The summed E-state index contributed by atoms with van der Waals surface area (Å²) >= 11 is 2.27. The van der Waals surface area contributed by atoms with Gasteiger partial charge in [0, 0.05) is 9.26 Å². The molecule has 0 bridgehead atoms. The van der Waals surface area contributed by atoms with Gasteiger partial charge in [-0.15, -0.1) is 0 Å². The zero-order valence-corrected chi connectivity index (χ0v) is 11.4. The van der Waals surface area contributed by atoms with E-state index < -0.39 is 0 Å². The Kier molecular flexibility index (Phi) is 3.59. The molecule has 0 amide bonds. The minimum Gasteiger partial charge on any atom is -0.340 e. The van der Waals surface area contributed by atoms with Gasteiger partial charge in [-0.3, -0.25) is 0 Å². The van der Waals surface area contributed by atoms with Crippen molar-refractivity contribution in [3.05, 3.63) is 51.2 Å². The molecule has 0 fully saturated rings. The van der Waals surface area contributed by atoms with Crippen LogP contribution in [0.15, 0.2) is 36.4 Å². The summed E-state index contributed by atoms with van der Waals surface area (Å²) in [6, 6.07) is 13.5. The number of benzene rings is 1. The average Bonchev–Trinajstić information content (AvgIpc) is 2.34. The summed E-state index contributed by atoms with van der Waals surface area (Å²) in [4.78, 5) is 4.18. The highest BCUT2D eigenvalue weighted by molar-refractivity contribution is 14.1. The zero-order chi connectivity index (χ0) is 12.3. The van der Waals surface area contributed by atoms with E-state index in [1.165, 1.54) is 0 Å². The van der Waals surface area contributed by atoms with Crippen molar-refractivity contribution in [3.63, 3.8) is 0 Å². The first-order valence-corrected chi connectivity index (χ1v) is 6.17. The molecule has 1 heterocycles. The van der Waals surface area contributed by atoms with Gasteiger partial charge in [-0.25, -0.2) is 4.98 Å². The van der Waals surface area contributed by atoms with Crippen LogP contribution in [-0.4, -0.2) is 4.98 Å². The second kappa shape index (κ2) is 5.15. The van der Waals surface area contributed by atoms with Gasteiger partial charge >= 0.3 is 0 Å². The van der Waals surface area contributed by atoms with E-state index in [2.05, 4.69) is 51.1 Å². The number of hydrogen-bond acceptors (Lipinski definition) is 3. The molecule has 0 saturated carbocycles. The highest BCUT2D eigenvalue weighted by Gasteiger charge is 2.01. The lowest BCUT2D eigenvalue weighted by Gasteiger charge is -2.09. The van der Waals surface area contributed by atoms with Crippen LogP contribution in [-0.2, 0) is 0 Å². The van der Waals surface area contributed by atoms with Crippen LogP contribution in [0.3, 0.4) is 0 Å². The normalized spacial score (nSPS) is 9.71. The van der Waals surface area contributed by atoms with Gasteiger partial charge in [-0.05, 0) is 59.3 Å². The smallest absolute Gasteiger partial charge is 0.142 e. The molecule has 0 aliphatic heterocycles. The molecule has 1 N–H and O–H groups in total. The van der Waals surface area contributed by atoms with Crippen LogP contribution in [0.1, 0.15) is 11.3 Å². The summed E-state index contributed by atoms with van der Waals surface area (Å²) in [5.74, 6) is 0.689. The van der Waals surface area contributed by atoms with Crippen LogP contribution in [0, 0.1) is 21.8 Å². The van der Waals surface area contributed by atoms with E-state index in [1.54, 1.807) is 6.07 Å². The average molecular weight is 335 g/mol. The summed E-state index contributed by atoms with van der Waals surface area (Å²) < 4.78 is 1.16. The van der Waals surface area contributed by atoms with Crippen LogP contribution < -0.4 is 5.32 Å². The van der Waals surface area contributed by atoms with E-state index >= 15 is 0 Å². The van der Waals surface area contributed by atoms with Gasteiger partial charge in [0.15, 0.2) is 0 Å². The van der Waals surface area contributed by atoms with E-state index in [9.17, 15) is 0 Å². The third-order valence-corrected chi connectivity index (χ3v) is 3.00. The summed E-state index contributed by atoms with van der Waals surface area (Å²) in [5, 5.41) is 12.0. The van der Waals surface area contributed by atoms with E-state index in [4.69, 9.17) is 5.26 Å². The number of nitriles is 1. The second-order valence-corrected chi connectivity index (χ2v) is 4.85. The van der Waals surface area contributed by atoms with Crippen LogP contribution in [0.2, 0.25) is 0 Å². The van der Waals surface area contributed by atoms with Crippen LogP contribution in [0.5, 0.6) is 0 Å². The van der Waals surface area contributed by atoms with Crippen LogP contribution in [0.25, 0.3) is 0 Å². The summed E-state index contributed by atoms with van der Waals surface area (Å²) in [5.41, 5.74) is 2.58. The molecule has 84 valence electrons. The molecular formula is C13H10IN3. The molecule has 0 saturated heterocycles. The maximum Gasteiger partial charge on any atom is 0.142 e. The molecule has 1 aromatic carbocycles. The van der Waals surface area contributed by atoms with E-state index in [-0.39, 0.29) is 0 Å². The molecule has 0 aliphatic carbocycles. The van der Waals surface area contributed by atoms with E-state index in [0.29, 0.717) is 11.5 Å². The quantitative estimate of drug-likeness (QED) is 0.853. The highest BCUT2D eigenvalue weighted by atomic mass is 127. The number of anilines is 2. The van der Waals surface area contributed by atoms with Crippen molar-refractivity contribution in [1.82, 2.24) is 4.98 Å². The van der Waals surface area contributed by atoms with Gasteiger partial charge in [-0.2, -0.15) is 5.26 Å². The van der Waals surface area contributed by atoms with Gasteiger partial charge < -0.3 is 5.32 Å². The maximum absolute atomic E-state index is 8.79. The van der Waals surface area contributed by atoms with Crippen molar-refractivity contribution < 1.29 is 0 Å². The Hall–Kier alpha value is -1.61. The monoisotopic (exact) mass is 335 g/mol. The molecule has 0 unspecified atom stereocenters. The predicted molar refractivity (Wildman–Crippen MR) is 76.1 cm³/mol. The highest BCUT2D eigenvalue weighted by Crippen LogP contribution is 2.21. The fourth-order valence-electron chi connectivity index (χ4n) is 1.43. The molecule has 1 aromatic heterocycles. The Morgan fingerprint density at radius 1 is 1.29 bits per heavy atom. The summed E-state index contributed by atoms with van der Waals surface area (Å²) in [6.07, 6.45) is 0. The van der Waals surface area contributed by atoms with Gasteiger partial charge in [0.25, 0.3) is 0 Å². The fraction of sp³-hybridized carbons (Fsp3) is 0.0769. The Morgan fingerprint density at radius 2 is 2.12 bits per heavy atom. The van der Waals surface area contributed by atoms with Crippen molar-refractivity contribution in [2.45, 2.75) is 6.92 Å². The van der Waals surface area contributed by atoms with Gasteiger partial charge in [-0.1, -0.05) is 12.1 Å². The Morgan fingerprint density at radius 3 is 2.88 bits per heavy atom. The molecule has 0 spiro atoms. The molecule has 0 aliphatic rings. The third kappa shape index (κ3) is 2.94. The molecule has 2 rings (SSSR count). The first kappa shape index (κ1) is 11.9. The number of aryl methyl sites for hydroxylation is 1. The summed E-state index contributed by atoms with van der Waals surface area (Å²) in [6.45, 7) is 2.03. The van der Waals surface area contributed by atoms with Crippen LogP contribution >= 0.6 is 22.6 Å². The lowest BCUT2D eigenvalue weighted by molar-refractivity contribution is 1.25. The minimum atomic E-state index is 0.415. The first-order chi connectivity index (χ1) is 8.19. The number of nitrogens with one attached hydrogen (secondary N) is 1. The van der Waals surface area contributed by atoms with Crippen molar-refractivity contribution in [2.24, 2.45) is 0 Å². The minimum absolute atomic E-state index is 0.415. The van der Waals surface area contributed by atoms with Crippen molar-refractivity contribution >= 4 is 34.1 Å². The van der Waals surface area contributed by atoms with Crippen molar-refractivity contribution in [2.75, 3.05) is 5.32 Å². The number of hydrogen-bond donors (Lipinski definition) is 1. The Labute approximate surface area is 114 Å². The SMILES string of the molecule is Cc1ccc(I)cc1Nc1cccc(C#N)n1. The molecule has 0 atom stereocenters. The molecular weight excluding hydrogens is 325 g/mol. The number of nitrogens with zero attached hydrogens (tertiary/aromatic N) is 2. The molecule has 2 aromatic rings. The molecule has 4 heteroatoms. The van der Waals surface area contributed by atoms with Crippen LogP contribution in [0.4, 0.5) is 11.5 Å². The fourth-order valence-corrected chi connectivity index (χ4v) is 1.92. The van der Waals surface area contributed by atoms with E-state index in [1.807, 2.05) is 25.1 Å². The largest absolute Gasteiger partial charge is 0.340 e. The summed E-state index contributed by atoms with van der Waals surface area (Å²) in [7, 11) is 0. The number of halogens is 1.